The van der Waals surface area contributed by atoms with E-state index in [4.69, 9.17) is 5.11 Å². The molecular weight excluding hydrogens is 324 g/mol. The van der Waals surface area contributed by atoms with E-state index in [9.17, 15) is 9.59 Å². The molecule has 3 N–H and O–H groups in total. The smallest absolute Gasteiger partial charge is 0.335 e. The highest BCUT2D eigenvalue weighted by Gasteiger charge is 2.15. The Balaban J connectivity index is 1.91. The number of halogens is 1. The van der Waals surface area contributed by atoms with Crippen LogP contribution in [0.2, 0.25) is 0 Å². The van der Waals surface area contributed by atoms with Crippen molar-refractivity contribution in [2.24, 2.45) is 5.92 Å². The number of carboxylic acid groups (broad SMARTS) is 1. The van der Waals surface area contributed by atoms with Crippen LogP contribution in [-0.2, 0) is 0 Å². The Morgan fingerprint density at radius 1 is 1.25 bits per heavy atom. The van der Waals surface area contributed by atoms with Crippen LogP contribution >= 0.6 is 15.9 Å². The van der Waals surface area contributed by atoms with E-state index >= 15 is 0 Å². The first-order chi connectivity index (χ1) is 9.54. The van der Waals surface area contributed by atoms with Gasteiger partial charge in [0, 0.05) is 16.7 Å². The highest BCUT2D eigenvalue weighted by atomic mass is 79.9. The molecule has 0 heterocycles. The van der Waals surface area contributed by atoms with Crippen molar-refractivity contribution in [3.8, 4) is 0 Å². The molecule has 0 bridgehead atoms. The van der Waals surface area contributed by atoms with Gasteiger partial charge >= 0.3 is 12.0 Å². The van der Waals surface area contributed by atoms with Crippen molar-refractivity contribution in [1.29, 1.82) is 0 Å². The second-order valence-corrected chi connectivity index (χ2v) is 5.93. The summed E-state index contributed by atoms with van der Waals surface area (Å²) in [4.78, 5) is 22.7. The topological polar surface area (TPSA) is 78.4 Å². The van der Waals surface area contributed by atoms with Crippen LogP contribution in [0.3, 0.4) is 0 Å². The molecule has 108 valence electrons. The molecule has 1 fully saturated rings. The van der Waals surface area contributed by atoms with Gasteiger partial charge in [-0.25, -0.2) is 9.59 Å². The summed E-state index contributed by atoms with van der Waals surface area (Å²) in [6.07, 6.45) is 4.81. The monoisotopic (exact) mass is 340 g/mol. The number of rotatable bonds is 4. The Morgan fingerprint density at radius 3 is 2.60 bits per heavy atom. The van der Waals surface area contributed by atoms with E-state index in [0.717, 1.165) is 0 Å². The van der Waals surface area contributed by atoms with E-state index in [0.29, 0.717) is 22.6 Å². The van der Waals surface area contributed by atoms with Gasteiger partial charge in [0.2, 0.25) is 0 Å². The molecule has 0 unspecified atom stereocenters. The highest BCUT2D eigenvalue weighted by Crippen LogP contribution is 2.24. The zero-order valence-electron chi connectivity index (χ0n) is 11.0. The lowest BCUT2D eigenvalue weighted by Gasteiger charge is -2.12. The molecule has 1 aromatic carbocycles. The number of carbonyl (C=O) groups is 2. The van der Waals surface area contributed by atoms with Crippen LogP contribution in [0.1, 0.15) is 36.0 Å². The van der Waals surface area contributed by atoms with Crippen LogP contribution in [0.5, 0.6) is 0 Å². The molecule has 0 spiro atoms. The lowest BCUT2D eigenvalue weighted by molar-refractivity contribution is 0.0697. The van der Waals surface area contributed by atoms with Gasteiger partial charge in [0.15, 0.2) is 0 Å². The Morgan fingerprint density at radius 2 is 1.95 bits per heavy atom. The molecule has 0 aliphatic heterocycles. The fourth-order valence-electron chi connectivity index (χ4n) is 2.41. The normalized spacial score (nSPS) is 15.1. The van der Waals surface area contributed by atoms with Gasteiger partial charge in [-0.2, -0.15) is 0 Å². The summed E-state index contributed by atoms with van der Waals surface area (Å²) in [6.45, 7) is 0.672. The minimum atomic E-state index is -1.03. The minimum Gasteiger partial charge on any atom is -0.478 e. The van der Waals surface area contributed by atoms with E-state index in [2.05, 4.69) is 26.6 Å². The van der Waals surface area contributed by atoms with Crippen molar-refractivity contribution in [1.82, 2.24) is 5.32 Å². The van der Waals surface area contributed by atoms with Gasteiger partial charge in [-0.05, 0) is 37.0 Å². The molecule has 2 rings (SSSR count). The number of urea groups is 1. The van der Waals surface area contributed by atoms with Crippen molar-refractivity contribution in [2.45, 2.75) is 25.7 Å². The van der Waals surface area contributed by atoms with Crippen LogP contribution < -0.4 is 10.6 Å². The molecule has 1 aliphatic carbocycles. The molecule has 1 saturated carbocycles. The average Bonchev–Trinajstić information content (AvgIpc) is 2.88. The largest absolute Gasteiger partial charge is 0.478 e. The summed E-state index contributed by atoms with van der Waals surface area (Å²) in [7, 11) is 0. The zero-order valence-corrected chi connectivity index (χ0v) is 12.6. The summed E-state index contributed by atoms with van der Waals surface area (Å²) >= 11 is 3.23. The van der Waals surface area contributed by atoms with E-state index in [1.807, 2.05) is 0 Å². The number of carbonyl (C=O) groups excluding carboxylic acids is 1. The summed E-state index contributed by atoms with van der Waals surface area (Å²) in [6, 6.07) is 4.29. The lowest BCUT2D eigenvalue weighted by Crippen LogP contribution is -2.32. The van der Waals surface area contributed by atoms with Gasteiger partial charge in [0.1, 0.15) is 0 Å². The Labute approximate surface area is 125 Å². The third-order valence-electron chi connectivity index (χ3n) is 3.43. The van der Waals surface area contributed by atoms with Crippen molar-refractivity contribution in [3.63, 3.8) is 0 Å². The minimum absolute atomic E-state index is 0.130. The van der Waals surface area contributed by atoms with E-state index in [1.54, 1.807) is 6.07 Å². The number of nitrogens with one attached hydrogen (secondary N) is 2. The van der Waals surface area contributed by atoms with Crippen LogP contribution in [0.25, 0.3) is 0 Å². The summed E-state index contributed by atoms with van der Waals surface area (Å²) in [5.74, 6) is -0.460. The van der Waals surface area contributed by atoms with Gasteiger partial charge in [0.05, 0.1) is 5.56 Å². The number of carboxylic acids is 1. The van der Waals surface area contributed by atoms with Gasteiger partial charge in [-0.15, -0.1) is 0 Å². The Bertz CT molecular complexity index is 513. The standard InChI is InChI=1S/C14H17BrN2O3/c15-11-5-10(13(18)19)6-12(7-11)17-14(20)16-8-9-3-1-2-4-9/h5-7,9H,1-4,8H2,(H,18,19)(H2,16,17,20). The first-order valence-electron chi connectivity index (χ1n) is 6.63. The van der Waals surface area contributed by atoms with E-state index in [-0.39, 0.29) is 11.6 Å². The third-order valence-corrected chi connectivity index (χ3v) is 3.89. The predicted molar refractivity (Wildman–Crippen MR) is 80.1 cm³/mol. The summed E-state index contributed by atoms with van der Waals surface area (Å²) in [5, 5.41) is 14.5. The van der Waals surface area contributed by atoms with Crippen LogP contribution in [0, 0.1) is 5.92 Å². The second-order valence-electron chi connectivity index (χ2n) is 5.02. The number of benzene rings is 1. The number of aromatic carboxylic acids is 1. The maximum absolute atomic E-state index is 11.8. The van der Waals surface area contributed by atoms with Crippen molar-refractivity contribution in [3.05, 3.63) is 28.2 Å². The molecule has 0 radical (unpaired) electrons. The molecule has 2 amide bonds. The van der Waals surface area contributed by atoms with Crippen LogP contribution in [0.15, 0.2) is 22.7 Å². The maximum atomic E-state index is 11.8. The maximum Gasteiger partial charge on any atom is 0.335 e. The predicted octanol–water partition coefficient (Wildman–Crippen LogP) is 3.46. The van der Waals surface area contributed by atoms with Crippen LogP contribution in [0.4, 0.5) is 10.5 Å². The first-order valence-corrected chi connectivity index (χ1v) is 7.42. The third kappa shape index (κ3) is 4.23. The molecule has 6 heteroatoms. The number of hydrogen-bond donors (Lipinski definition) is 3. The zero-order chi connectivity index (χ0) is 14.5. The number of anilines is 1. The number of hydrogen-bond acceptors (Lipinski definition) is 2. The van der Waals surface area contributed by atoms with Gasteiger partial charge in [-0.3, -0.25) is 0 Å². The number of amides is 2. The summed E-state index contributed by atoms with van der Waals surface area (Å²) in [5.41, 5.74) is 0.589. The molecule has 0 aromatic heterocycles. The second kappa shape index (κ2) is 6.74. The molecule has 20 heavy (non-hydrogen) atoms. The fraction of sp³-hybridized carbons (Fsp3) is 0.429. The molecule has 0 atom stereocenters. The molecule has 5 nitrogen and oxygen atoms in total. The van der Waals surface area contributed by atoms with E-state index in [1.165, 1.54) is 37.8 Å². The van der Waals surface area contributed by atoms with Crippen molar-refractivity contribution in [2.75, 3.05) is 11.9 Å². The summed E-state index contributed by atoms with van der Waals surface area (Å²) < 4.78 is 0.614. The lowest BCUT2D eigenvalue weighted by atomic mass is 10.1. The SMILES string of the molecule is O=C(NCC1CCCC1)Nc1cc(Br)cc(C(=O)O)c1. The molecular formula is C14H17BrN2O3. The van der Waals surface area contributed by atoms with Crippen LogP contribution in [-0.4, -0.2) is 23.7 Å². The first kappa shape index (κ1) is 14.8. The van der Waals surface area contributed by atoms with Gasteiger partial charge in [0.25, 0.3) is 0 Å². The van der Waals surface area contributed by atoms with Crippen molar-refractivity contribution >= 4 is 33.6 Å². The quantitative estimate of drug-likeness (QED) is 0.785. The Kier molecular flexibility index (Phi) is 5.00. The highest BCUT2D eigenvalue weighted by molar-refractivity contribution is 9.10. The fourth-order valence-corrected chi connectivity index (χ4v) is 2.91. The molecule has 0 saturated heterocycles. The van der Waals surface area contributed by atoms with Gasteiger partial charge in [-0.1, -0.05) is 28.8 Å². The van der Waals surface area contributed by atoms with Gasteiger partial charge < -0.3 is 15.7 Å². The van der Waals surface area contributed by atoms with E-state index < -0.39 is 5.97 Å². The van der Waals surface area contributed by atoms with Crippen molar-refractivity contribution < 1.29 is 14.7 Å². The Hall–Kier alpha value is -1.56. The molecule has 1 aromatic rings. The average molecular weight is 341 g/mol. The molecule has 1 aliphatic rings.